The molecule has 7 N–H and O–H groups in total. The molecular formula is C24H44N4O11. The number of unbranched alkanes of at least 4 members (excludes halogenated alkanes) is 1. The lowest BCUT2D eigenvalue weighted by molar-refractivity contribution is -0.141. The van der Waals surface area contributed by atoms with Crippen molar-refractivity contribution in [3.8, 4) is 0 Å². The molecule has 0 saturated heterocycles. The first kappa shape index (κ1) is 36.1. The van der Waals surface area contributed by atoms with Crippen molar-refractivity contribution in [2.45, 2.75) is 45.1 Å². The Labute approximate surface area is 228 Å². The summed E-state index contributed by atoms with van der Waals surface area (Å²) < 4.78 is 21.0. The van der Waals surface area contributed by atoms with Gasteiger partial charge >= 0.3 is 11.9 Å². The Morgan fingerprint density at radius 3 is 1.64 bits per heavy atom. The van der Waals surface area contributed by atoms with Gasteiger partial charge in [-0.25, -0.2) is 0 Å². The molecule has 0 aliphatic carbocycles. The molecule has 0 fully saturated rings. The van der Waals surface area contributed by atoms with Crippen LogP contribution in [0.25, 0.3) is 0 Å². The average Bonchev–Trinajstić information content (AvgIpc) is 2.89. The lowest BCUT2D eigenvalue weighted by Crippen LogP contribution is -2.33. The highest BCUT2D eigenvalue weighted by Gasteiger charge is 2.13. The molecule has 0 unspecified atom stereocenters. The molecule has 0 aromatic rings. The lowest BCUT2D eigenvalue weighted by atomic mass is 10.0. The fraction of sp³-hybridized carbons (Fsp3) is 0.792. The SMILES string of the molecule is C[C@@H](CCCCNC(=O)COCCOCCNC(=O)COCCOCCNC(=O)CC[C@H](N)C(=O)O)C(=O)O. The molecule has 0 heterocycles. The Bertz CT molecular complexity index is 724. The van der Waals surface area contributed by atoms with Crippen LogP contribution in [0.15, 0.2) is 0 Å². The van der Waals surface area contributed by atoms with Gasteiger partial charge in [0, 0.05) is 26.1 Å². The topological polar surface area (TPSA) is 225 Å². The van der Waals surface area contributed by atoms with Crippen molar-refractivity contribution in [2.75, 3.05) is 72.5 Å². The highest BCUT2D eigenvalue weighted by molar-refractivity contribution is 5.78. The number of aliphatic carboxylic acids is 2. The highest BCUT2D eigenvalue weighted by atomic mass is 16.5. The number of ether oxygens (including phenoxy) is 4. The third kappa shape index (κ3) is 24.0. The molecule has 0 rings (SSSR count). The zero-order chi connectivity index (χ0) is 29.3. The van der Waals surface area contributed by atoms with Crippen LogP contribution in [0.2, 0.25) is 0 Å². The van der Waals surface area contributed by atoms with E-state index in [-0.39, 0.29) is 102 Å². The van der Waals surface area contributed by atoms with E-state index in [0.717, 1.165) is 6.42 Å². The fourth-order valence-electron chi connectivity index (χ4n) is 2.82. The smallest absolute Gasteiger partial charge is 0.320 e. The number of hydrogen-bond acceptors (Lipinski definition) is 10. The standard InChI is InChI=1S/C24H44N4O11/c1-18(23(32)33)4-2-3-7-26-21(30)16-38-14-13-37-11-9-28-22(31)17-39-15-12-36-10-8-27-20(29)6-5-19(25)24(34)35/h18-19H,2-17,25H2,1H3,(H,26,30)(H,27,29)(H,28,31)(H,32,33)(H,34,35)/t18-,19-/m0/s1. The van der Waals surface area contributed by atoms with E-state index >= 15 is 0 Å². The zero-order valence-corrected chi connectivity index (χ0v) is 22.6. The number of carboxylic acids is 2. The van der Waals surface area contributed by atoms with Crippen molar-refractivity contribution >= 4 is 29.7 Å². The van der Waals surface area contributed by atoms with Crippen molar-refractivity contribution < 1.29 is 53.1 Å². The van der Waals surface area contributed by atoms with E-state index in [9.17, 15) is 24.0 Å². The quantitative estimate of drug-likeness (QED) is 0.0659. The van der Waals surface area contributed by atoms with Crippen LogP contribution in [0, 0.1) is 5.92 Å². The number of nitrogens with two attached hydrogens (primary N) is 1. The van der Waals surface area contributed by atoms with Crippen LogP contribution in [0.1, 0.15) is 39.0 Å². The van der Waals surface area contributed by atoms with Gasteiger partial charge in [0.2, 0.25) is 17.7 Å². The maximum Gasteiger partial charge on any atom is 0.320 e. The Morgan fingerprint density at radius 2 is 1.13 bits per heavy atom. The van der Waals surface area contributed by atoms with Crippen LogP contribution in [-0.2, 0) is 42.9 Å². The monoisotopic (exact) mass is 564 g/mol. The molecule has 15 nitrogen and oxygen atoms in total. The molecule has 3 amide bonds. The molecule has 0 radical (unpaired) electrons. The van der Waals surface area contributed by atoms with Gasteiger partial charge in [0.15, 0.2) is 0 Å². The summed E-state index contributed by atoms with van der Waals surface area (Å²) in [4.78, 5) is 56.2. The van der Waals surface area contributed by atoms with Crippen LogP contribution in [0.3, 0.4) is 0 Å². The molecule has 15 heteroatoms. The molecule has 39 heavy (non-hydrogen) atoms. The highest BCUT2D eigenvalue weighted by Crippen LogP contribution is 2.06. The molecule has 226 valence electrons. The summed E-state index contributed by atoms with van der Waals surface area (Å²) in [6.07, 6.45) is 2.07. The summed E-state index contributed by atoms with van der Waals surface area (Å²) in [7, 11) is 0. The second-order valence-corrected chi connectivity index (χ2v) is 8.60. The molecule has 0 aliphatic rings. The predicted molar refractivity (Wildman–Crippen MR) is 138 cm³/mol. The van der Waals surface area contributed by atoms with Gasteiger partial charge in [-0.15, -0.1) is 0 Å². The van der Waals surface area contributed by atoms with Crippen LogP contribution in [0.4, 0.5) is 0 Å². The van der Waals surface area contributed by atoms with E-state index in [1.54, 1.807) is 6.92 Å². The summed E-state index contributed by atoms with van der Waals surface area (Å²) in [6, 6.07) is -1.06. The van der Waals surface area contributed by atoms with Crippen molar-refractivity contribution in [3.63, 3.8) is 0 Å². The molecule has 0 bridgehead atoms. The number of nitrogens with one attached hydrogen (secondary N) is 3. The van der Waals surface area contributed by atoms with Crippen molar-refractivity contribution in [3.05, 3.63) is 0 Å². The first-order chi connectivity index (χ1) is 18.6. The Hall–Kier alpha value is -2.85. The van der Waals surface area contributed by atoms with E-state index in [4.69, 9.17) is 34.9 Å². The maximum atomic E-state index is 11.7. The van der Waals surface area contributed by atoms with E-state index in [2.05, 4.69) is 16.0 Å². The minimum atomic E-state index is -1.15. The van der Waals surface area contributed by atoms with Gasteiger partial charge in [0.25, 0.3) is 0 Å². The summed E-state index contributed by atoms with van der Waals surface area (Å²) in [5.41, 5.74) is 5.32. The van der Waals surface area contributed by atoms with E-state index in [1.165, 1.54) is 0 Å². The van der Waals surface area contributed by atoms with Gasteiger partial charge in [-0.3, -0.25) is 24.0 Å². The van der Waals surface area contributed by atoms with Crippen LogP contribution >= 0.6 is 0 Å². The Morgan fingerprint density at radius 1 is 0.641 bits per heavy atom. The van der Waals surface area contributed by atoms with Crippen molar-refractivity contribution in [2.24, 2.45) is 11.7 Å². The number of amides is 3. The maximum absolute atomic E-state index is 11.7. The summed E-state index contributed by atoms with van der Waals surface area (Å²) in [5.74, 6) is -3.22. The molecule has 2 atom stereocenters. The van der Waals surface area contributed by atoms with Crippen LogP contribution in [0.5, 0.6) is 0 Å². The number of carbonyl (C=O) groups is 5. The third-order valence-corrected chi connectivity index (χ3v) is 5.15. The van der Waals surface area contributed by atoms with Crippen molar-refractivity contribution in [1.82, 2.24) is 16.0 Å². The molecular weight excluding hydrogens is 520 g/mol. The molecule has 0 aromatic heterocycles. The molecule has 0 aromatic carbocycles. The summed E-state index contributed by atoms with van der Waals surface area (Å²) >= 11 is 0. The van der Waals surface area contributed by atoms with Gasteiger partial charge < -0.3 is 50.8 Å². The van der Waals surface area contributed by atoms with Crippen LogP contribution in [-0.4, -0.2) is 118 Å². The first-order valence-electron chi connectivity index (χ1n) is 13.0. The third-order valence-electron chi connectivity index (χ3n) is 5.15. The predicted octanol–water partition coefficient (Wildman–Crippen LogP) is -1.52. The summed E-state index contributed by atoms with van der Waals surface area (Å²) in [6.45, 7) is 3.88. The Kier molecular flexibility index (Phi) is 22.4. The van der Waals surface area contributed by atoms with Gasteiger partial charge in [0.05, 0.1) is 45.6 Å². The van der Waals surface area contributed by atoms with Gasteiger partial charge in [-0.05, 0) is 19.3 Å². The van der Waals surface area contributed by atoms with Gasteiger partial charge in [-0.2, -0.15) is 0 Å². The summed E-state index contributed by atoms with van der Waals surface area (Å²) in [5, 5.41) is 25.4. The van der Waals surface area contributed by atoms with Gasteiger partial charge in [0.1, 0.15) is 19.3 Å². The van der Waals surface area contributed by atoms with E-state index in [0.29, 0.717) is 19.4 Å². The fourth-order valence-corrected chi connectivity index (χ4v) is 2.82. The van der Waals surface area contributed by atoms with Crippen LogP contribution < -0.4 is 21.7 Å². The normalized spacial score (nSPS) is 12.4. The lowest BCUT2D eigenvalue weighted by Gasteiger charge is -2.09. The number of carbonyl (C=O) groups excluding carboxylic acids is 3. The molecule has 0 saturated carbocycles. The minimum absolute atomic E-state index is 0.0176. The first-order valence-corrected chi connectivity index (χ1v) is 13.0. The largest absolute Gasteiger partial charge is 0.481 e. The number of rotatable bonds is 26. The van der Waals surface area contributed by atoms with E-state index in [1.807, 2.05) is 0 Å². The average molecular weight is 565 g/mol. The van der Waals surface area contributed by atoms with Crippen molar-refractivity contribution in [1.29, 1.82) is 0 Å². The zero-order valence-electron chi connectivity index (χ0n) is 22.6. The molecule has 0 spiro atoms. The number of hydrogen-bond donors (Lipinski definition) is 6. The van der Waals surface area contributed by atoms with E-state index < -0.39 is 18.0 Å². The number of carboxylic acid groups (broad SMARTS) is 2. The minimum Gasteiger partial charge on any atom is -0.481 e. The second kappa shape index (κ2) is 24.2. The van der Waals surface area contributed by atoms with Gasteiger partial charge in [-0.1, -0.05) is 13.3 Å². The second-order valence-electron chi connectivity index (χ2n) is 8.60. The molecule has 0 aliphatic heterocycles. The Balaban J connectivity index is 3.41.